The van der Waals surface area contributed by atoms with E-state index in [-0.39, 0.29) is 18.6 Å². The van der Waals surface area contributed by atoms with Gasteiger partial charge in [0.25, 0.3) is 0 Å². The van der Waals surface area contributed by atoms with Gasteiger partial charge in [-0.1, -0.05) is 0 Å². The van der Waals surface area contributed by atoms with E-state index in [9.17, 15) is 4.79 Å². The number of carbonyl (C=O) groups excluding carboxylic acids is 1. The van der Waals surface area contributed by atoms with Crippen LogP contribution in [0.4, 0.5) is 0 Å². The molecule has 1 aliphatic heterocycles. The van der Waals surface area contributed by atoms with Crippen LogP contribution in [0.2, 0.25) is 0 Å². The molecule has 0 bridgehead atoms. The topological polar surface area (TPSA) is 50.8 Å². The van der Waals surface area contributed by atoms with Crippen LogP contribution >= 0.6 is 39.5 Å². The molecule has 8 heteroatoms. The fourth-order valence-electron chi connectivity index (χ4n) is 2.09. The number of allylic oxidation sites excluding steroid dienone is 1. The number of methoxy groups -OCH3 is 1. The summed E-state index contributed by atoms with van der Waals surface area (Å²) in [5.41, 5.74) is 1.36. The zero-order valence-electron chi connectivity index (χ0n) is 12.5. The summed E-state index contributed by atoms with van der Waals surface area (Å²) in [6.45, 7) is 2.46. The Kier molecular flexibility index (Phi) is 5.96. The lowest BCUT2D eigenvalue weighted by Gasteiger charge is -2.34. The van der Waals surface area contributed by atoms with E-state index in [0.717, 1.165) is 15.0 Å². The van der Waals surface area contributed by atoms with Gasteiger partial charge in [0.05, 0.1) is 18.2 Å². The minimum atomic E-state index is -0.356. The Hall–Kier alpha value is -0.960. The van der Waals surface area contributed by atoms with Gasteiger partial charge in [0.15, 0.2) is 5.11 Å². The van der Waals surface area contributed by atoms with Crippen molar-refractivity contribution in [1.82, 2.24) is 10.2 Å². The normalized spacial score (nSPS) is 18.5. The van der Waals surface area contributed by atoms with E-state index in [1.807, 2.05) is 25.4 Å². The van der Waals surface area contributed by atoms with E-state index in [2.05, 4.69) is 21.2 Å². The molecule has 1 aliphatic rings. The largest absolute Gasteiger partial charge is 0.460 e. The summed E-state index contributed by atoms with van der Waals surface area (Å²) in [6, 6.07) is 1.68. The average molecular weight is 405 g/mol. The highest BCUT2D eigenvalue weighted by Crippen LogP contribution is 2.35. The lowest BCUT2D eigenvalue weighted by Crippen LogP contribution is -2.45. The molecule has 5 nitrogen and oxygen atoms in total. The van der Waals surface area contributed by atoms with Gasteiger partial charge in [0, 0.05) is 34.6 Å². The summed E-state index contributed by atoms with van der Waals surface area (Å²) in [5.74, 6) is -0.356. The molecule has 2 heterocycles. The molecule has 0 spiro atoms. The smallest absolute Gasteiger partial charge is 0.338 e. The van der Waals surface area contributed by atoms with Crippen LogP contribution < -0.4 is 5.32 Å². The summed E-state index contributed by atoms with van der Waals surface area (Å²) in [5, 5.41) is 5.76. The molecule has 2 rings (SSSR count). The summed E-state index contributed by atoms with van der Waals surface area (Å²) < 4.78 is 11.2. The van der Waals surface area contributed by atoms with Crippen LogP contribution in [0.1, 0.15) is 17.8 Å². The molecule has 1 atom stereocenters. The van der Waals surface area contributed by atoms with Gasteiger partial charge < -0.3 is 19.7 Å². The third-order valence-electron chi connectivity index (χ3n) is 3.37. The first kappa shape index (κ1) is 17.4. The van der Waals surface area contributed by atoms with Gasteiger partial charge in [0.2, 0.25) is 0 Å². The van der Waals surface area contributed by atoms with E-state index in [0.29, 0.717) is 17.3 Å². The number of thiocarbonyl (C=S) groups is 1. The van der Waals surface area contributed by atoms with E-state index in [4.69, 9.17) is 21.7 Å². The van der Waals surface area contributed by atoms with Gasteiger partial charge in [-0.2, -0.15) is 0 Å². The summed E-state index contributed by atoms with van der Waals surface area (Å²) in [7, 11) is 3.40. The number of hydrogen-bond acceptors (Lipinski definition) is 5. The van der Waals surface area contributed by atoms with Gasteiger partial charge in [-0.15, -0.1) is 11.3 Å². The number of nitrogens with zero attached hydrogens (tertiary/aromatic N) is 1. The molecule has 0 amide bonds. The monoisotopic (exact) mass is 404 g/mol. The van der Waals surface area contributed by atoms with Gasteiger partial charge in [-0.05, 0) is 41.1 Å². The number of thiophene rings is 1. The number of halogens is 1. The van der Waals surface area contributed by atoms with Crippen molar-refractivity contribution in [3.05, 3.63) is 32.1 Å². The van der Waals surface area contributed by atoms with E-state index >= 15 is 0 Å². The van der Waals surface area contributed by atoms with Crippen molar-refractivity contribution < 1.29 is 14.3 Å². The van der Waals surface area contributed by atoms with Crippen molar-refractivity contribution >= 4 is 50.6 Å². The van der Waals surface area contributed by atoms with Gasteiger partial charge in [-0.25, -0.2) is 4.79 Å². The molecular weight excluding hydrogens is 388 g/mol. The zero-order valence-corrected chi connectivity index (χ0v) is 15.7. The number of nitrogens with one attached hydrogen (secondary N) is 1. The molecular formula is C14H17BrN2O3S2. The lowest BCUT2D eigenvalue weighted by atomic mass is 10.0. The number of hydrogen-bond donors (Lipinski definition) is 1. The molecule has 22 heavy (non-hydrogen) atoms. The zero-order chi connectivity index (χ0) is 16.3. The van der Waals surface area contributed by atoms with Gasteiger partial charge in [-0.3, -0.25) is 0 Å². The fraction of sp³-hybridized carbons (Fsp3) is 0.429. The Balaban J connectivity index is 2.33. The third-order valence-corrected chi connectivity index (χ3v) is 5.52. The van der Waals surface area contributed by atoms with Crippen molar-refractivity contribution in [2.45, 2.75) is 13.0 Å². The predicted molar refractivity (Wildman–Crippen MR) is 93.8 cm³/mol. The van der Waals surface area contributed by atoms with Crippen molar-refractivity contribution in [2.24, 2.45) is 0 Å². The summed E-state index contributed by atoms with van der Waals surface area (Å²) in [6.07, 6.45) is 0. The SMILES string of the molecule is COCCOC(=O)C1=C(C)N(C)C(=S)N[C@@H]1c1cc(Br)cs1. The maximum atomic E-state index is 12.5. The Morgan fingerprint density at radius 2 is 2.27 bits per heavy atom. The quantitative estimate of drug-likeness (QED) is 0.462. The number of rotatable bonds is 5. The third kappa shape index (κ3) is 3.68. The van der Waals surface area contributed by atoms with Gasteiger partial charge >= 0.3 is 5.97 Å². The van der Waals surface area contributed by atoms with Crippen LogP contribution in [0.25, 0.3) is 0 Å². The second-order valence-electron chi connectivity index (χ2n) is 4.74. The Bertz CT molecular complexity index is 615. The number of ether oxygens (including phenoxy) is 2. The van der Waals surface area contributed by atoms with Crippen LogP contribution in [-0.4, -0.2) is 43.4 Å². The number of esters is 1. The second-order valence-corrected chi connectivity index (χ2v) is 6.98. The van der Waals surface area contributed by atoms with Crippen LogP contribution in [0.3, 0.4) is 0 Å². The Morgan fingerprint density at radius 3 is 2.86 bits per heavy atom. The van der Waals surface area contributed by atoms with E-state index < -0.39 is 0 Å². The fourth-order valence-corrected chi connectivity index (χ4v) is 3.85. The predicted octanol–water partition coefficient (Wildman–Crippen LogP) is 2.84. The van der Waals surface area contributed by atoms with Crippen molar-refractivity contribution in [3.63, 3.8) is 0 Å². The van der Waals surface area contributed by atoms with Crippen LogP contribution in [0.5, 0.6) is 0 Å². The first-order valence-electron chi connectivity index (χ1n) is 6.60. The molecule has 1 aromatic rings. The standard InChI is InChI=1S/C14H17BrN2O3S2/c1-8-11(13(18)20-5-4-19-3)12(16-14(21)17(8)2)10-6-9(15)7-22-10/h6-7,12H,4-5H2,1-3H3,(H,16,21)/t12-/m1/s1. The molecule has 0 fully saturated rings. The summed E-state index contributed by atoms with van der Waals surface area (Å²) >= 11 is 10.3. The highest BCUT2D eigenvalue weighted by molar-refractivity contribution is 9.10. The minimum Gasteiger partial charge on any atom is -0.460 e. The average Bonchev–Trinajstić information content (AvgIpc) is 2.91. The summed E-state index contributed by atoms with van der Waals surface area (Å²) in [4.78, 5) is 15.3. The maximum absolute atomic E-state index is 12.5. The molecule has 120 valence electrons. The lowest BCUT2D eigenvalue weighted by molar-refractivity contribution is -0.140. The first-order chi connectivity index (χ1) is 10.5. The first-order valence-corrected chi connectivity index (χ1v) is 8.68. The van der Waals surface area contributed by atoms with Crippen molar-refractivity contribution in [3.8, 4) is 0 Å². The Labute approximate surface area is 147 Å². The number of carbonyl (C=O) groups is 1. The Morgan fingerprint density at radius 1 is 1.55 bits per heavy atom. The van der Waals surface area contributed by atoms with Crippen molar-refractivity contribution in [2.75, 3.05) is 27.4 Å². The molecule has 1 N–H and O–H groups in total. The molecule has 0 aromatic carbocycles. The maximum Gasteiger partial charge on any atom is 0.338 e. The van der Waals surface area contributed by atoms with Crippen LogP contribution in [-0.2, 0) is 14.3 Å². The van der Waals surface area contributed by atoms with Crippen LogP contribution in [0, 0.1) is 0 Å². The molecule has 1 aromatic heterocycles. The second kappa shape index (κ2) is 7.54. The highest BCUT2D eigenvalue weighted by atomic mass is 79.9. The van der Waals surface area contributed by atoms with Gasteiger partial charge in [0.1, 0.15) is 6.61 Å². The molecule has 0 aliphatic carbocycles. The highest BCUT2D eigenvalue weighted by Gasteiger charge is 2.34. The molecule has 0 radical (unpaired) electrons. The molecule has 0 unspecified atom stereocenters. The van der Waals surface area contributed by atoms with E-state index in [1.165, 1.54) is 0 Å². The minimum absolute atomic E-state index is 0.223. The van der Waals surface area contributed by atoms with Crippen molar-refractivity contribution in [1.29, 1.82) is 0 Å². The van der Waals surface area contributed by atoms with Crippen LogP contribution in [0.15, 0.2) is 27.2 Å². The molecule has 0 saturated heterocycles. The van der Waals surface area contributed by atoms with E-state index in [1.54, 1.807) is 23.3 Å². The molecule has 0 saturated carbocycles.